The highest BCUT2D eigenvalue weighted by Crippen LogP contribution is 2.25. The third-order valence-corrected chi connectivity index (χ3v) is 4.20. The van der Waals surface area contributed by atoms with Crippen LogP contribution >= 0.6 is 0 Å². The van der Waals surface area contributed by atoms with Crippen molar-refractivity contribution in [3.63, 3.8) is 0 Å². The van der Waals surface area contributed by atoms with Gasteiger partial charge in [-0.1, -0.05) is 44.2 Å². The van der Waals surface area contributed by atoms with E-state index in [9.17, 15) is 0 Å². The molecule has 0 aliphatic carbocycles. The smallest absolute Gasteiger partial charge is 0.0473 e. The molecule has 0 aromatic heterocycles. The second-order valence-corrected chi connectivity index (χ2v) is 6.46. The van der Waals surface area contributed by atoms with Crippen molar-refractivity contribution in [2.24, 2.45) is 5.92 Å². The van der Waals surface area contributed by atoms with Crippen LogP contribution in [0.4, 0.5) is 0 Å². The van der Waals surface area contributed by atoms with E-state index in [4.69, 9.17) is 6.42 Å². The van der Waals surface area contributed by atoms with Gasteiger partial charge in [-0.25, -0.2) is 0 Å². The summed E-state index contributed by atoms with van der Waals surface area (Å²) in [6, 6.07) is 11.9. The van der Waals surface area contributed by atoms with Crippen molar-refractivity contribution in [3.05, 3.63) is 35.9 Å². The van der Waals surface area contributed by atoms with Gasteiger partial charge in [0, 0.05) is 31.6 Å². The maximum Gasteiger partial charge on any atom is 0.0473 e. The SMILES string of the molecule is C#CCCCN1CC(CC(C)C)NCC1c1ccccc1. The highest BCUT2D eigenvalue weighted by molar-refractivity contribution is 5.20. The fourth-order valence-electron chi connectivity index (χ4n) is 3.24. The molecule has 1 saturated heterocycles. The molecule has 114 valence electrons. The Kier molecular flexibility index (Phi) is 6.29. The molecule has 0 amide bonds. The van der Waals surface area contributed by atoms with Crippen LogP contribution < -0.4 is 5.32 Å². The molecule has 1 aliphatic rings. The Morgan fingerprint density at radius 2 is 2.10 bits per heavy atom. The maximum atomic E-state index is 5.40. The van der Waals surface area contributed by atoms with Gasteiger partial charge in [0.2, 0.25) is 0 Å². The first-order chi connectivity index (χ1) is 10.2. The lowest BCUT2D eigenvalue weighted by Crippen LogP contribution is -2.52. The minimum absolute atomic E-state index is 0.479. The van der Waals surface area contributed by atoms with Gasteiger partial charge in [0.05, 0.1) is 0 Å². The van der Waals surface area contributed by atoms with Crippen LogP contribution in [-0.4, -0.2) is 30.6 Å². The molecule has 2 unspecified atom stereocenters. The lowest BCUT2D eigenvalue weighted by atomic mass is 9.96. The van der Waals surface area contributed by atoms with Crippen LogP contribution in [0.1, 0.15) is 44.7 Å². The number of nitrogens with one attached hydrogen (secondary N) is 1. The number of hydrogen-bond acceptors (Lipinski definition) is 2. The summed E-state index contributed by atoms with van der Waals surface area (Å²) in [5.74, 6) is 3.50. The Morgan fingerprint density at radius 1 is 1.33 bits per heavy atom. The molecule has 1 aliphatic heterocycles. The first-order valence-corrected chi connectivity index (χ1v) is 8.16. The summed E-state index contributed by atoms with van der Waals surface area (Å²) in [6.45, 7) is 7.86. The zero-order valence-corrected chi connectivity index (χ0v) is 13.4. The number of unbranched alkanes of at least 4 members (excludes halogenated alkanes) is 1. The summed E-state index contributed by atoms with van der Waals surface area (Å²) in [5.41, 5.74) is 1.41. The van der Waals surface area contributed by atoms with Gasteiger partial charge in [-0.3, -0.25) is 4.90 Å². The van der Waals surface area contributed by atoms with Crippen molar-refractivity contribution < 1.29 is 0 Å². The number of nitrogens with zero attached hydrogens (tertiary/aromatic N) is 1. The van der Waals surface area contributed by atoms with E-state index in [1.165, 1.54) is 12.0 Å². The Balaban J connectivity index is 2.03. The van der Waals surface area contributed by atoms with E-state index in [1.54, 1.807) is 0 Å². The van der Waals surface area contributed by atoms with Crippen molar-refractivity contribution in [2.75, 3.05) is 19.6 Å². The molecule has 2 atom stereocenters. The lowest BCUT2D eigenvalue weighted by molar-refractivity contribution is 0.121. The summed E-state index contributed by atoms with van der Waals surface area (Å²) in [7, 11) is 0. The predicted molar refractivity (Wildman–Crippen MR) is 90.1 cm³/mol. The van der Waals surface area contributed by atoms with Crippen LogP contribution in [0, 0.1) is 18.3 Å². The minimum Gasteiger partial charge on any atom is -0.311 e. The van der Waals surface area contributed by atoms with Crippen LogP contribution in [0.5, 0.6) is 0 Å². The van der Waals surface area contributed by atoms with Crippen molar-refractivity contribution in [1.29, 1.82) is 0 Å². The Hall–Kier alpha value is -1.30. The summed E-state index contributed by atoms with van der Waals surface area (Å²) in [5, 5.41) is 3.74. The lowest BCUT2D eigenvalue weighted by Gasteiger charge is -2.41. The van der Waals surface area contributed by atoms with Crippen molar-refractivity contribution in [1.82, 2.24) is 10.2 Å². The molecule has 0 saturated carbocycles. The highest BCUT2D eigenvalue weighted by atomic mass is 15.2. The molecule has 2 heteroatoms. The Morgan fingerprint density at radius 3 is 2.76 bits per heavy atom. The van der Waals surface area contributed by atoms with Gasteiger partial charge in [-0.2, -0.15) is 0 Å². The average Bonchev–Trinajstić information content (AvgIpc) is 2.48. The van der Waals surface area contributed by atoms with E-state index in [0.29, 0.717) is 12.1 Å². The summed E-state index contributed by atoms with van der Waals surface area (Å²) >= 11 is 0. The fraction of sp³-hybridized carbons (Fsp3) is 0.579. The second-order valence-electron chi connectivity index (χ2n) is 6.46. The first kappa shape index (κ1) is 16.1. The van der Waals surface area contributed by atoms with Gasteiger partial charge < -0.3 is 5.32 Å². The van der Waals surface area contributed by atoms with E-state index in [2.05, 4.69) is 60.3 Å². The maximum absolute atomic E-state index is 5.40. The Labute approximate surface area is 129 Å². The summed E-state index contributed by atoms with van der Waals surface area (Å²) in [4.78, 5) is 2.62. The van der Waals surface area contributed by atoms with Gasteiger partial charge in [0.25, 0.3) is 0 Å². The predicted octanol–water partition coefficient (Wildman–Crippen LogP) is 3.46. The quantitative estimate of drug-likeness (QED) is 0.636. The van der Waals surface area contributed by atoms with Gasteiger partial charge in [0.15, 0.2) is 0 Å². The van der Waals surface area contributed by atoms with Gasteiger partial charge in [-0.05, 0) is 30.9 Å². The van der Waals surface area contributed by atoms with Crippen LogP contribution in [0.25, 0.3) is 0 Å². The second kappa shape index (κ2) is 8.22. The minimum atomic E-state index is 0.479. The number of hydrogen-bond donors (Lipinski definition) is 1. The van der Waals surface area contributed by atoms with Crippen LogP contribution in [0.15, 0.2) is 30.3 Å². The number of piperazine rings is 1. The molecule has 2 rings (SSSR count). The van der Waals surface area contributed by atoms with E-state index in [1.807, 2.05) is 0 Å². The molecule has 1 fully saturated rings. The van der Waals surface area contributed by atoms with E-state index >= 15 is 0 Å². The number of benzene rings is 1. The molecular formula is C19H28N2. The monoisotopic (exact) mass is 284 g/mol. The molecule has 0 bridgehead atoms. The molecule has 0 radical (unpaired) electrons. The molecule has 1 aromatic carbocycles. The molecule has 2 nitrogen and oxygen atoms in total. The normalized spacial score (nSPS) is 23.1. The van der Waals surface area contributed by atoms with Crippen LogP contribution in [0.2, 0.25) is 0 Å². The number of terminal acetylenes is 1. The van der Waals surface area contributed by atoms with E-state index in [-0.39, 0.29) is 0 Å². The molecule has 1 N–H and O–H groups in total. The largest absolute Gasteiger partial charge is 0.311 e. The summed E-state index contributed by atoms with van der Waals surface area (Å²) < 4.78 is 0. The molecular weight excluding hydrogens is 256 g/mol. The standard InChI is InChI=1S/C19H28N2/c1-4-5-9-12-21-15-18(13-16(2)3)20-14-19(21)17-10-7-6-8-11-17/h1,6-8,10-11,16,18-20H,5,9,12-15H2,2-3H3. The molecule has 1 heterocycles. The van der Waals surface area contributed by atoms with Gasteiger partial charge >= 0.3 is 0 Å². The zero-order valence-electron chi connectivity index (χ0n) is 13.4. The number of rotatable bonds is 6. The fourth-order valence-corrected chi connectivity index (χ4v) is 3.24. The topological polar surface area (TPSA) is 15.3 Å². The highest BCUT2D eigenvalue weighted by Gasteiger charge is 2.28. The third kappa shape index (κ3) is 4.88. The van der Waals surface area contributed by atoms with Crippen molar-refractivity contribution in [2.45, 2.75) is 45.2 Å². The summed E-state index contributed by atoms with van der Waals surface area (Å²) in [6.07, 6.45) is 8.61. The van der Waals surface area contributed by atoms with Crippen LogP contribution in [0.3, 0.4) is 0 Å². The molecule has 21 heavy (non-hydrogen) atoms. The molecule has 1 aromatic rings. The van der Waals surface area contributed by atoms with Gasteiger partial charge in [-0.15, -0.1) is 12.3 Å². The van der Waals surface area contributed by atoms with Gasteiger partial charge in [0.1, 0.15) is 0 Å². The zero-order chi connectivity index (χ0) is 15.1. The Bertz CT molecular complexity index is 446. The van der Waals surface area contributed by atoms with E-state index in [0.717, 1.165) is 38.4 Å². The van der Waals surface area contributed by atoms with Crippen molar-refractivity contribution in [3.8, 4) is 12.3 Å². The average molecular weight is 284 g/mol. The molecule has 0 spiro atoms. The first-order valence-electron chi connectivity index (χ1n) is 8.16. The van der Waals surface area contributed by atoms with E-state index < -0.39 is 0 Å². The van der Waals surface area contributed by atoms with Crippen molar-refractivity contribution >= 4 is 0 Å². The third-order valence-electron chi connectivity index (χ3n) is 4.20. The van der Waals surface area contributed by atoms with Crippen LogP contribution in [-0.2, 0) is 0 Å².